The van der Waals surface area contributed by atoms with Gasteiger partial charge in [0.2, 0.25) is 0 Å². The number of anilines is 1. The standard InChI is InChI=1S/C20H19NO3/c1-3-4-14-5-6-16-12-21(19(22)18(16)11-14)17-9-7-15(8-10-17)13(2)20(23)24/h3-11,13H,12H2,1-2H3,(H,23,24). The van der Waals surface area contributed by atoms with Crippen LogP contribution in [0.3, 0.4) is 0 Å². The van der Waals surface area contributed by atoms with Gasteiger partial charge >= 0.3 is 5.97 Å². The first-order valence-electron chi connectivity index (χ1n) is 7.91. The Morgan fingerprint density at radius 2 is 1.92 bits per heavy atom. The molecule has 1 aliphatic rings. The molecule has 2 aromatic rings. The fourth-order valence-corrected chi connectivity index (χ4v) is 2.91. The van der Waals surface area contributed by atoms with Crippen LogP contribution in [0.15, 0.2) is 48.5 Å². The molecule has 1 unspecified atom stereocenters. The van der Waals surface area contributed by atoms with E-state index < -0.39 is 11.9 Å². The zero-order valence-electron chi connectivity index (χ0n) is 13.7. The molecule has 0 bridgehead atoms. The fourth-order valence-electron chi connectivity index (χ4n) is 2.91. The van der Waals surface area contributed by atoms with Crippen LogP contribution in [0.25, 0.3) is 6.08 Å². The lowest BCUT2D eigenvalue weighted by molar-refractivity contribution is -0.138. The van der Waals surface area contributed by atoms with Crippen LogP contribution in [0.4, 0.5) is 5.69 Å². The summed E-state index contributed by atoms with van der Waals surface area (Å²) in [5.74, 6) is -1.44. The minimum Gasteiger partial charge on any atom is -0.481 e. The molecule has 1 amide bonds. The summed E-state index contributed by atoms with van der Waals surface area (Å²) >= 11 is 0. The van der Waals surface area contributed by atoms with E-state index in [2.05, 4.69) is 0 Å². The van der Waals surface area contributed by atoms with Gasteiger partial charge in [-0.2, -0.15) is 0 Å². The fraction of sp³-hybridized carbons (Fsp3) is 0.200. The first-order chi connectivity index (χ1) is 11.5. The summed E-state index contributed by atoms with van der Waals surface area (Å²) in [4.78, 5) is 25.5. The van der Waals surface area contributed by atoms with E-state index >= 15 is 0 Å². The van der Waals surface area contributed by atoms with Gasteiger partial charge in [0.25, 0.3) is 5.91 Å². The second-order valence-corrected chi connectivity index (χ2v) is 5.96. The quantitative estimate of drug-likeness (QED) is 0.923. The van der Waals surface area contributed by atoms with Crippen molar-refractivity contribution in [1.82, 2.24) is 0 Å². The first-order valence-corrected chi connectivity index (χ1v) is 7.91. The van der Waals surface area contributed by atoms with E-state index in [-0.39, 0.29) is 5.91 Å². The molecule has 0 aliphatic carbocycles. The summed E-state index contributed by atoms with van der Waals surface area (Å²) in [5.41, 5.74) is 4.26. The van der Waals surface area contributed by atoms with E-state index in [1.54, 1.807) is 24.0 Å². The number of aliphatic carboxylic acids is 1. The number of hydrogen-bond donors (Lipinski definition) is 1. The molecule has 0 saturated carbocycles. The lowest BCUT2D eigenvalue weighted by Crippen LogP contribution is -2.23. The van der Waals surface area contributed by atoms with Gasteiger partial charge in [-0.15, -0.1) is 0 Å². The van der Waals surface area contributed by atoms with Gasteiger partial charge in [0, 0.05) is 11.3 Å². The minimum absolute atomic E-state index is 0.0182. The van der Waals surface area contributed by atoms with Gasteiger partial charge in [-0.05, 0) is 48.7 Å². The third-order valence-corrected chi connectivity index (χ3v) is 4.37. The van der Waals surface area contributed by atoms with Crippen molar-refractivity contribution in [3.05, 3.63) is 70.8 Å². The van der Waals surface area contributed by atoms with Crippen molar-refractivity contribution in [2.45, 2.75) is 26.3 Å². The van der Waals surface area contributed by atoms with Crippen molar-refractivity contribution in [1.29, 1.82) is 0 Å². The summed E-state index contributed by atoms with van der Waals surface area (Å²) in [6.45, 7) is 4.14. The van der Waals surface area contributed by atoms with Crippen LogP contribution in [0.1, 0.15) is 46.8 Å². The Balaban J connectivity index is 1.86. The Morgan fingerprint density at radius 1 is 1.21 bits per heavy atom. The molecule has 0 spiro atoms. The number of rotatable bonds is 4. The molecule has 0 fully saturated rings. The van der Waals surface area contributed by atoms with Gasteiger partial charge in [-0.1, -0.05) is 36.4 Å². The minimum atomic E-state index is -0.857. The van der Waals surface area contributed by atoms with E-state index in [0.29, 0.717) is 6.54 Å². The number of carboxylic acid groups (broad SMARTS) is 1. The molecule has 4 nitrogen and oxygen atoms in total. The number of allylic oxidation sites excluding steroid dienone is 1. The summed E-state index contributed by atoms with van der Waals surface area (Å²) in [6.07, 6.45) is 3.92. The maximum atomic E-state index is 12.7. The number of hydrogen-bond acceptors (Lipinski definition) is 2. The SMILES string of the molecule is CC=Cc1ccc2c(c1)C(=O)N(c1ccc(C(C)C(=O)O)cc1)C2. The molecule has 1 aliphatic heterocycles. The highest BCUT2D eigenvalue weighted by atomic mass is 16.4. The van der Waals surface area contributed by atoms with Crippen LogP contribution in [0, 0.1) is 0 Å². The summed E-state index contributed by atoms with van der Waals surface area (Å²) in [6, 6.07) is 13.1. The van der Waals surface area contributed by atoms with Gasteiger partial charge in [0.15, 0.2) is 0 Å². The molecule has 0 radical (unpaired) electrons. The van der Waals surface area contributed by atoms with Gasteiger partial charge in [-0.3, -0.25) is 9.59 Å². The predicted octanol–water partition coefficient (Wildman–Crippen LogP) is 4.07. The average Bonchev–Trinajstić information content (AvgIpc) is 2.91. The molecule has 122 valence electrons. The molecule has 0 aromatic heterocycles. The molecule has 4 heteroatoms. The third-order valence-electron chi connectivity index (χ3n) is 4.37. The van der Waals surface area contributed by atoms with Crippen LogP contribution >= 0.6 is 0 Å². The molecule has 2 aromatic carbocycles. The summed E-state index contributed by atoms with van der Waals surface area (Å²) in [5, 5.41) is 9.08. The highest BCUT2D eigenvalue weighted by Gasteiger charge is 2.28. The van der Waals surface area contributed by atoms with E-state index in [0.717, 1.165) is 27.9 Å². The Kier molecular flexibility index (Phi) is 4.21. The van der Waals surface area contributed by atoms with Crippen LogP contribution in [-0.2, 0) is 11.3 Å². The smallest absolute Gasteiger partial charge is 0.310 e. The van der Waals surface area contributed by atoms with E-state index in [1.165, 1.54) is 0 Å². The molecule has 1 N–H and O–H groups in total. The summed E-state index contributed by atoms with van der Waals surface area (Å²) < 4.78 is 0. The second-order valence-electron chi connectivity index (χ2n) is 5.96. The first kappa shape index (κ1) is 16.0. The number of nitrogens with zero attached hydrogens (tertiary/aromatic N) is 1. The number of benzene rings is 2. The molecule has 1 atom stereocenters. The van der Waals surface area contributed by atoms with E-state index in [1.807, 2.05) is 49.4 Å². The summed E-state index contributed by atoms with van der Waals surface area (Å²) in [7, 11) is 0. The Labute approximate surface area is 141 Å². The Bertz CT molecular complexity index is 821. The number of fused-ring (bicyclic) bond motifs is 1. The predicted molar refractivity (Wildman–Crippen MR) is 94.2 cm³/mol. The number of carbonyl (C=O) groups excluding carboxylic acids is 1. The molecule has 1 heterocycles. The van der Waals surface area contributed by atoms with Crippen LogP contribution < -0.4 is 4.90 Å². The van der Waals surface area contributed by atoms with Crippen molar-refractivity contribution in [3.63, 3.8) is 0 Å². The van der Waals surface area contributed by atoms with Crippen molar-refractivity contribution in [2.24, 2.45) is 0 Å². The molecule has 0 saturated heterocycles. The normalized spacial score (nSPS) is 14.9. The second kappa shape index (κ2) is 6.32. The van der Waals surface area contributed by atoms with E-state index in [9.17, 15) is 9.59 Å². The maximum absolute atomic E-state index is 12.7. The topological polar surface area (TPSA) is 57.6 Å². The van der Waals surface area contributed by atoms with Crippen molar-refractivity contribution < 1.29 is 14.7 Å². The average molecular weight is 321 g/mol. The lowest BCUT2D eigenvalue weighted by atomic mass is 10.0. The van der Waals surface area contributed by atoms with E-state index in [4.69, 9.17) is 5.11 Å². The van der Waals surface area contributed by atoms with Crippen molar-refractivity contribution in [2.75, 3.05) is 4.90 Å². The highest BCUT2D eigenvalue weighted by molar-refractivity contribution is 6.10. The molecular weight excluding hydrogens is 302 g/mol. The Morgan fingerprint density at radius 3 is 2.54 bits per heavy atom. The number of carbonyl (C=O) groups is 2. The highest BCUT2D eigenvalue weighted by Crippen LogP contribution is 2.30. The number of amides is 1. The zero-order valence-corrected chi connectivity index (χ0v) is 13.7. The third kappa shape index (κ3) is 2.83. The van der Waals surface area contributed by atoms with Gasteiger partial charge in [0.1, 0.15) is 0 Å². The largest absolute Gasteiger partial charge is 0.481 e. The van der Waals surface area contributed by atoms with Gasteiger partial charge in [0.05, 0.1) is 12.5 Å². The van der Waals surface area contributed by atoms with Gasteiger partial charge < -0.3 is 10.0 Å². The van der Waals surface area contributed by atoms with Crippen molar-refractivity contribution in [3.8, 4) is 0 Å². The molecule has 24 heavy (non-hydrogen) atoms. The van der Waals surface area contributed by atoms with Crippen LogP contribution in [0.2, 0.25) is 0 Å². The zero-order chi connectivity index (χ0) is 17.3. The molecular formula is C20H19NO3. The Hall–Kier alpha value is -2.88. The van der Waals surface area contributed by atoms with Crippen LogP contribution in [-0.4, -0.2) is 17.0 Å². The van der Waals surface area contributed by atoms with Crippen molar-refractivity contribution >= 4 is 23.6 Å². The number of carboxylic acids is 1. The maximum Gasteiger partial charge on any atom is 0.310 e. The monoisotopic (exact) mass is 321 g/mol. The van der Waals surface area contributed by atoms with Crippen LogP contribution in [0.5, 0.6) is 0 Å². The molecule has 3 rings (SSSR count). The van der Waals surface area contributed by atoms with Gasteiger partial charge in [-0.25, -0.2) is 0 Å². The lowest BCUT2D eigenvalue weighted by Gasteiger charge is -2.16.